The second-order valence-electron chi connectivity index (χ2n) is 3.33. The molecule has 1 aromatic heterocycles. The third-order valence-corrected chi connectivity index (χ3v) is 3.43. The van der Waals surface area contributed by atoms with E-state index >= 15 is 0 Å². The molecule has 2 aromatic rings. The zero-order valence-corrected chi connectivity index (χ0v) is 11.3. The highest BCUT2D eigenvalue weighted by molar-refractivity contribution is 9.10. The van der Waals surface area contributed by atoms with E-state index in [9.17, 15) is 0 Å². The molecule has 0 spiro atoms. The van der Waals surface area contributed by atoms with Gasteiger partial charge in [0, 0.05) is 28.1 Å². The van der Waals surface area contributed by atoms with Crippen LogP contribution in [0.5, 0.6) is 0 Å². The van der Waals surface area contributed by atoms with Crippen LogP contribution < -0.4 is 5.32 Å². The van der Waals surface area contributed by atoms with Crippen molar-refractivity contribution in [1.29, 1.82) is 0 Å². The van der Waals surface area contributed by atoms with Crippen molar-refractivity contribution in [3.63, 3.8) is 0 Å². The van der Waals surface area contributed by atoms with Gasteiger partial charge in [-0.25, -0.2) is 0 Å². The number of nitrogens with one attached hydrogen (secondary N) is 1. The molecule has 1 heterocycles. The number of benzene rings is 1. The molecule has 0 saturated carbocycles. The zero-order valence-electron chi connectivity index (χ0n) is 8.90. The largest absolute Gasteiger partial charge is 0.360 e. The molecule has 0 aliphatic heterocycles. The molecule has 0 fully saturated rings. The summed E-state index contributed by atoms with van der Waals surface area (Å²) in [6.07, 6.45) is 1.09. The molecule has 84 valence electrons. The predicted molar refractivity (Wildman–Crippen MR) is 71.8 cm³/mol. The zero-order chi connectivity index (χ0) is 11.4. The molecular weight excluding hydrogens is 286 g/mol. The maximum absolute atomic E-state index is 4.45. The van der Waals surface area contributed by atoms with Crippen molar-refractivity contribution in [3.05, 3.63) is 28.7 Å². The highest BCUT2D eigenvalue weighted by Crippen LogP contribution is 2.27. The van der Waals surface area contributed by atoms with Gasteiger partial charge in [0.1, 0.15) is 0 Å². The smallest absolute Gasteiger partial charge is 0.202 e. The predicted octanol–water partition coefficient (Wildman–Crippen LogP) is 3.79. The summed E-state index contributed by atoms with van der Waals surface area (Å²) in [7, 11) is 0. The summed E-state index contributed by atoms with van der Waals surface area (Å²) in [5.74, 6) is 0.774. The Bertz CT molecular complexity index is 470. The Morgan fingerprint density at radius 2 is 2.19 bits per heavy atom. The van der Waals surface area contributed by atoms with Gasteiger partial charge < -0.3 is 5.32 Å². The highest BCUT2D eigenvalue weighted by atomic mass is 79.9. The minimum absolute atomic E-state index is 0.774. The molecule has 0 amide bonds. The lowest BCUT2D eigenvalue weighted by atomic mass is 10.2. The Labute approximate surface area is 107 Å². The molecular formula is C11H12BrN3S. The number of nitrogens with zero attached hydrogens (tertiary/aromatic N) is 2. The second kappa shape index (κ2) is 5.41. The van der Waals surface area contributed by atoms with Crippen LogP contribution in [0.4, 0.5) is 5.13 Å². The SMILES string of the molecule is CCCNc1nc(-c2ccccc2Br)ns1. The van der Waals surface area contributed by atoms with Crippen LogP contribution in [-0.2, 0) is 0 Å². The molecule has 2 rings (SSSR count). The highest BCUT2D eigenvalue weighted by Gasteiger charge is 2.08. The summed E-state index contributed by atoms with van der Waals surface area (Å²) >= 11 is 4.90. The average molecular weight is 298 g/mol. The van der Waals surface area contributed by atoms with Gasteiger partial charge in [0.2, 0.25) is 5.13 Å². The molecule has 3 nitrogen and oxygen atoms in total. The standard InChI is InChI=1S/C11H12BrN3S/c1-2-7-13-11-14-10(15-16-11)8-5-3-4-6-9(8)12/h3-6H,2,7H2,1H3,(H,13,14,15). The van der Waals surface area contributed by atoms with Crippen molar-refractivity contribution >= 4 is 32.6 Å². The Morgan fingerprint density at radius 3 is 2.94 bits per heavy atom. The molecule has 0 aliphatic carbocycles. The van der Waals surface area contributed by atoms with Crippen LogP contribution in [0.1, 0.15) is 13.3 Å². The van der Waals surface area contributed by atoms with Gasteiger partial charge in [-0.3, -0.25) is 0 Å². The van der Waals surface area contributed by atoms with Crippen LogP contribution in [0.3, 0.4) is 0 Å². The lowest BCUT2D eigenvalue weighted by molar-refractivity contribution is 0.976. The molecule has 5 heteroatoms. The van der Waals surface area contributed by atoms with Gasteiger partial charge in [-0.1, -0.05) is 41.1 Å². The van der Waals surface area contributed by atoms with E-state index in [-0.39, 0.29) is 0 Å². The molecule has 1 aromatic carbocycles. The maximum Gasteiger partial charge on any atom is 0.202 e. The fourth-order valence-electron chi connectivity index (χ4n) is 1.28. The first-order valence-electron chi connectivity index (χ1n) is 5.13. The van der Waals surface area contributed by atoms with Gasteiger partial charge in [-0.15, -0.1) is 0 Å². The van der Waals surface area contributed by atoms with Crippen LogP contribution in [0.25, 0.3) is 11.4 Å². The van der Waals surface area contributed by atoms with Crippen molar-refractivity contribution in [2.24, 2.45) is 0 Å². The summed E-state index contributed by atoms with van der Waals surface area (Å²) in [5.41, 5.74) is 1.03. The molecule has 0 bridgehead atoms. The molecule has 0 aliphatic rings. The topological polar surface area (TPSA) is 37.8 Å². The van der Waals surface area contributed by atoms with E-state index in [2.05, 4.69) is 37.5 Å². The quantitative estimate of drug-likeness (QED) is 0.933. The van der Waals surface area contributed by atoms with Crippen molar-refractivity contribution in [2.75, 3.05) is 11.9 Å². The number of aromatic nitrogens is 2. The summed E-state index contributed by atoms with van der Waals surface area (Å²) in [6, 6.07) is 7.97. The van der Waals surface area contributed by atoms with Crippen LogP contribution in [-0.4, -0.2) is 15.9 Å². The Balaban J connectivity index is 2.22. The monoisotopic (exact) mass is 297 g/mol. The normalized spacial score (nSPS) is 10.4. The molecule has 0 atom stereocenters. The first kappa shape index (κ1) is 11.5. The minimum Gasteiger partial charge on any atom is -0.360 e. The summed E-state index contributed by atoms with van der Waals surface area (Å²) in [4.78, 5) is 4.45. The first-order valence-corrected chi connectivity index (χ1v) is 6.70. The number of halogens is 1. The van der Waals surface area contributed by atoms with Gasteiger partial charge in [0.05, 0.1) is 0 Å². The summed E-state index contributed by atoms with van der Waals surface area (Å²) in [5, 5.41) is 4.12. The summed E-state index contributed by atoms with van der Waals surface area (Å²) in [6.45, 7) is 3.06. The Kier molecular flexibility index (Phi) is 3.90. The van der Waals surface area contributed by atoms with Crippen molar-refractivity contribution in [1.82, 2.24) is 9.36 Å². The van der Waals surface area contributed by atoms with Gasteiger partial charge in [-0.2, -0.15) is 9.36 Å². The van der Waals surface area contributed by atoms with Gasteiger partial charge in [0.25, 0.3) is 0 Å². The van der Waals surface area contributed by atoms with Crippen LogP contribution >= 0.6 is 27.5 Å². The van der Waals surface area contributed by atoms with E-state index in [4.69, 9.17) is 0 Å². The van der Waals surface area contributed by atoms with Gasteiger partial charge >= 0.3 is 0 Å². The minimum atomic E-state index is 0.774. The molecule has 1 N–H and O–H groups in total. The average Bonchev–Trinajstić information content (AvgIpc) is 2.75. The van der Waals surface area contributed by atoms with E-state index in [1.54, 1.807) is 0 Å². The Morgan fingerprint density at radius 1 is 1.38 bits per heavy atom. The summed E-state index contributed by atoms with van der Waals surface area (Å²) < 4.78 is 5.36. The number of hydrogen-bond acceptors (Lipinski definition) is 4. The fourth-order valence-corrected chi connectivity index (χ4v) is 2.35. The van der Waals surface area contributed by atoms with E-state index in [1.165, 1.54) is 11.5 Å². The van der Waals surface area contributed by atoms with Crippen LogP contribution in [0.15, 0.2) is 28.7 Å². The number of anilines is 1. The molecule has 0 radical (unpaired) electrons. The van der Waals surface area contributed by atoms with E-state index in [1.807, 2.05) is 24.3 Å². The van der Waals surface area contributed by atoms with Crippen LogP contribution in [0.2, 0.25) is 0 Å². The van der Waals surface area contributed by atoms with E-state index in [0.717, 1.165) is 34.0 Å². The van der Waals surface area contributed by atoms with E-state index in [0.29, 0.717) is 0 Å². The number of rotatable bonds is 4. The van der Waals surface area contributed by atoms with E-state index < -0.39 is 0 Å². The molecule has 0 unspecified atom stereocenters. The first-order chi connectivity index (χ1) is 7.81. The molecule has 0 saturated heterocycles. The lowest BCUT2D eigenvalue weighted by Crippen LogP contribution is -1.98. The number of hydrogen-bond donors (Lipinski definition) is 1. The third-order valence-electron chi connectivity index (χ3n) is 2.07. The van der Waals surface area contributed by atoms with Crippen molar-refractivity contribution in [2.45, 2.75) is 13.3 Å². The lowest BCUT2D eigenvalue weighted by Gasteiger charge is -1.98. The molecule has 16 heavy (non-hydrogen) atoms. The fraction of sp³-hybridized carbons (Fsp3) is 0.273. The third kappa shape index (κ3) is 2.59. The van der Waals surface area contributed by atoms with Crippen LogP contribution in [0, 0.1) is 0 Å². The Hall–Kier alpha value is -0.940. The van der Waals surface area contributed by atoms with Crippen molar-refractivity contribution < 1.29 is 0 Å². The van der Waals surface area contributed by atoms with Gasteiger partial charge in [0.15, 0.2) is 5.82 Å². The second-order valence-corrected chi connectivity index (χ2v) is 4.94. The maximum atomic E-state index is 4.45. The van der Waals surface area contributed by atoms with Crippen molar-refractivity contribution in [3.8, 4) is 11.4 Å². The van der Waals surface area contributed by atoms with Gasteiger partial charge in [-0.05, 0) is 12.5 Å².